The van der Waals surface area contributed by atoms with Crippen LogP contribution in [0.2, 0.25) is 0 Å². The van der Waals surface area contributed by atoms with Crippen LogP contribution in [0.4, 0.5) is 4.39 Å². The molecule has 4 rings (SSSR count). The number of carbonyl (C=O) groups is 1. The molecule has 0 spiro atoms. The van der Waals surface area contributed by atoms with Gasteiger partial charge in [0.05, 0.1) is 17.4 Å². The van der Waals surface area contributed by atoms with Crippen molar-refractivity contribution in [3.8, 4) is 11.3 Å². The van der Waals surface area contributed by atoms with Crippen molar-refractivity contribution in [3.63, 3.8) is 0 Å². The summed E-state index contributed by atoms with van der Waals surface area (Å²) in [6, 6.07) is 8.07. The van der Waals surface area contributed by atoms with Crippen molar-refractivity contribution in [1.29, 1.82) is 0 Å². The number of amides is 1. The van der Waals surface area contributed by atoms with Crippen molar-refractivity contribution in [3.05, 3.63) is 53.7 Å². The molecule has 26 heavy (non-hydrogen) atoms. The molecule has 2 aromatic heterocycles. The SMILES string of the molecule is Cc1cc(-c2ccc(F)cc2)nn2c(C(=O)NC(C)(C)C3CC3)ncc12. The standard InChI is InChI=1S/C20H21FN4O/c1-12-10-16(13-4-8-15(21)9-5-13)24-25-17(12)11-22-18(25)19(26)23-20(2,3)14-6-7-14/h4-5,8-11,14H,6-7H2,1-3H3,(H,23,26). The largest absolute Gasteiger partial charge is 0.344 e. The van der Waals surface area contributed by atoms with Gasteiger partial charge in [-0.3, -0.25) is 4.79 Å². The van der Waals surface area contributed by atoms with Gasteiger partial charge in [0.15, 0.2) is 0 Å². The summed E-state index contributed by atoms with van der Waals surface area (Å²) in [6.07, 6.45) is 3.94. The fourth-order valence-electron chi connectivity index (χ4n) is 3.30. The molecule has 1 aromatic carbocycles. The minimum Gasteiger partial charge on any atom is -0.344 e. The van der Waals surface area contributed by atoms with E-state index in [1.807, 2.05) is 26.8 Å². The van der Waals surface area contributed by atoms with Crippen molar-refractivity contribution in [2.45, 2.75) is 39.2 Å². The number of hydrogen-bond acceptors (Lipinski definition) is 3. The third-order valence-electron chi connectivity index (χ3n) is 5.08. The molecule has 0 radical (unpaired) electrons. The van der Waals surface area contributed by atoms with E-state index in [1.165, 1.54) is 12.1 Å². The lowest BCUT2D eigenvalue weighted by atomic mass is 9.99. The Labute approximate surface area is 151 Å². The van der Waals surface area contributed by atoms with Crippen LogP contribution in [-0.4, -0.2) is 26.0 Å². The number of aryl methyl sites for hydroxylation is 1. The van der Waals surface area contributed by atoms with Gasteiger partial charge < -0.3 is 5.32 Å². The molecule has 0 aliphatic heterocycles. The van der Waals surface area contributed by atoms with Crippen LogP contribution in [-0.2, 0) is 0 Å². The van der Waals surface area contributed by atoms with Crippen LogP contribution in [0.1, 0.15) is 42.9 Å². The molecule has 3 aromatic rings. The molecule has 5 nitrogen and oxygen atoms in total. The molecule has 134 valence electrons. The van der Waals surface area contributed by atoms with Crippen LogP contribution >= 0.6 is 0 Å². The fourth-order valence-corrected chi connectivity index (χ4v) is 3.30. The molecule has 2 heterocycles. The van der Waals surface area contributed by atoms with Crippen LogP contribution in [0, 0.1) is 18.7 Å². The van der Waals surface area contributed by atoms with Crippen LogP contribution < -0.4 is 5.32 Å². The Hall–Kier alpha value is -2.76. The molecule has 0 unspecified atom stereocenters. The van der Waals surface area contributed by atoms with E-state index in [-0.39, 0.29) is 23.1 Å². The van der Waals surface area contributed by atoms with Gasteiger partial charge in [-0.1, -0.05) is 0 Å². The van der Waals surface area contributed by atoms with Gasteiger partial charge in [-0.05, 0) is 75.4 Å². The van der Waals surface area contributed by atoms with E-state index in [0.717, 1.165) is 29.5 Å². The summed E-state index contributed by atoms with van der Waals surface area (Å²) >= 11 is 0. The lowest BCUT2D eigenvalue weighted by molar-refractivity contribution is 0.0890. The highest BCUT2D eigenvalue weighted by atomic mass is 19.1. The normalized spacial score (nSPS) is 14.6. The smallest absolute Gasteiger partial charge is 0.289 e. The maximum atomic E-state index is 13.2. The molecule has 0 saturated heterocycles. The monoisotopic (exact) mass is 352 g/mol. The third-order valence-corrected chi connectivity index (χ3v) is 5.08. The first-order valence-electron chi connectivity index (χ1n) is 8.79. The molecular formula is C20H21FN4O. The molecular weight excluding hydrogens is 331 g/mol. The first-order valence-corrected chi connectivity index (χ1v) is 8.79. The number of hydrogen-bond donors (Lipinski definition) is 1. The van der Waals surface area contributed by atoms with Crippen LogP contribution in [0.15, 0.2) is 36.5 Å². The van der Waals surface area contributed by atoms with Gasteiger partial charge in [0.25, 0.3) is 5.91 Å². The second-order valence-corrected chi connectivity index (χ2v) is 7.55. The zero-order valence-electron chi connectivity index (χ0n) is 15.1. The quantitative estimate of drug-likeness (QED) is 0.778. The Balaban J connectivity index is 1.74. The van der Waals surface area contributed by atoms with Crippen LogP contribution in [0.5, 0.6) is 0 Å². The number of benzene rings is 1. The Morgan fingerprint density at radius 2 is 1.96 bits per heavy atom. The summed E-state index contributed by atoms with van der Waals surface area (Å²) < 4.78 is 14.8. The van der Waals surface area contributed by atoms with E-state index in [0.29, 0.717) is 11.6 Å². The van der Waals surface area contributed by atoms with Crippen molar-refractivity contribution in [2.75, 3.05) is 0 Å². The Morgan fingerprint density at radius 1 is 1.27 bits per heavy atom. The first-order chi connectivity index (χ1) is 12.3. The number of rotatable bonds is 4. The summed E-state index contributed by atoms with van der Waals surface area (Å²) in [4.78, 5) is 17.1. The van der Waals surface area contributed by atoms with E-state index in [9.17, 15) is 9.18 Å². The van der Waals surface area contributed by atoms with Gasteiger partial charge in [-0.25, -0.2) is 13.9 Å². The number of aromatic nitrogens is 3. The zero-order chi connectivity index (χ0) is 18.5. The number of nitrogens with one attached hydrogen (secondary N) is 1. The predicted molar refractivity (Wildman–Crippen MR) is 97.4 cm³/mol. The van der Waals surface area contributed by atoms with Crippen LogP contribution in [0.25, 0.3) is 16.8 Å². The van der Waals surface area contributed by atoms with Gasteiger partial charge in [-0.2, -0.15) is 5.10 Å². The molecule has 1 amide bonds. The Morgan fingerprint density at radius 3 is 2.62 bits per heavy atom. The summed E-state index contributed by atoms with van der Waals surface area (Å²) in [5.41, 5.74) is 2.93. The second-order valence-electron chi connectivity index (χ2n) is 7.55. The van der Waals surface area contributed by atoms with Crippen molar-refractivity contribution >= 4 is 11.4 Å². The van der Waals surface area contributed by atoms with E-state index in [2.05, 4.69) is 15.4 Å². The van der Waals surface area contributed by atoms with Gasteiger partial charge in [0.1, 0.15) is 5.82 Å². The molecule has 1 N–H and O–H groups in total. The molecule has 6 heteroatoms. The van der Waals surface area contributed by atoms with Crippen molar-refractivity contribution in [2.24, 2.45) is 5.92 Å². The van der Waals surface area contributed by atoms with E-state index in [1.54, 1.807) is 22.8 Å². The highest BCUT2D eigenvalue weighted by molar-refractivity contribution is 5.92. The third kappa shape index (κ3) is 2.96. The number of carbonyl (C=O) groups excluding carboxylic acids is 1. The molecule has 1 aliphatic rings. The highest BCUT2D eigenvalue weighted by Crippen LogP contribution is 2.39. The fraction of sp³-hybridized carbons (Fsp3) is 0.350. The molecule has 1 aliphatic carbocycles. The maximum absolute atomic E-state index is 13.2. The van der Waals surface area contributed by atoms with E-state index in [4.69, 9.17) is 0 Å². The topological polar surface area (TPSA) is 59.3 Å². The number of fused-ring (bicyclic) bond motifs is 1. The minimum atomic E-state index is -0.295. The predicted octanol–water partition coefficient (Wildman–Crippen LogP) is 3.76. The zero-order valence-corrected chi connectivity index (χ0v) is 15.1. The number of nitrogens with zero attached hydrogens (tertiary/aromatic N) is 3. The van der Waals surface area contributed by atoms with Gasteiger partial charge in [0, 0.05) is 11.1 Å². The lowest BCUT2D eigenvalue weighted by Crippen LogP contribution is -2.45. The van der Waals surface area contributed by atoms with Crippen molar-refractivity contribution in [1.82, 2.24) is 19.9 Å². The van der Waals surface area contributed by atoms with Crippen molar-refractivity contribution < 1.29 is 9.18 Å². The number of imidazole rings is 1. The van der Waals surface area contributed by atoms with E-state index >= 15 is 0 Å². The summed E-state index contributed by atoms with van der Waals surface area (Å²) in [6.45, 7) is 6.03. The molecule has 0 bridgehead atoms. The molecule has 1 saturated carbocycles. The highest BCUT2D eigenvalue weighted by Gasteiger charge is 2.39. The summed E-state index contributed by atoms with van der Waals surface area (Å²) in [5.74, 6) is 0.254. The molecule has 1 fully saturated rings. The second kappa shape index (κ2) is 5.90. The summed E-state index contributed by atoms with van der Waals surface area (Å²) in [7, 11) is 0. The first kappa shape index (κ1) is 16.7. The summed E-state index contributed by atoms with van der Waals surface area (Å²) in [5, 5.41) is 7.67. The number of halogens is 1. The van der Waals surface area contributed by atoms with Gasteiger partial charge in [0.2, 0.25) is 5.82 Å². The van der Waals surface area contributed by atoms with Gasteiger partial charge in [-0.15, -0.1) is 0 Å². The van der Waals surface area contributed by atoms with Crippen LogP contribution in [0.3, 0.4) is 0 Å². The lowest BCUT2D eigenvalue weighted by Gasteiger charge is -2.25. The minimum absolute atomic E-state index is 0.231. The Bertz CT molecular complexity index is 987. The average Bonchev–Trinajstić information content (AvgIpc) is 3.36. The Kier molecular flexibility index (Phi) is 3.79. The van der Waals surface area contributed by atoms with E-state index < -0.39 is 0 Å². The molecule has 0 atom stereocenters. The maximum Gasteiger partial charge on any atom is 0.289 e. The van der Waals surface area contributed by atoms with Gasteiger partial charge >= 0.3 is 0 Å². The average molecular weight is 352 g/mol.